The highest BCUT2D eigenvalue weighted by molar-refractivity contribution is 5.76. The smallest absolute Gasteiger partial charge is 0.409 e. The second-order valence-electron chi connectivity index (χ2n) is 3.76. The Bertz CT molecular complexity index is 242. The first-order chi connectivity index (χ1) is 6.85. The van der Waals surface area contributed by atoms with Gasteiger partial charge in [0.15, 0.2) is 6.73 Å². The van der Waals surface area contributed by atoms with Crippen molar-refractivity contribution in [3.63, 3.8) is 0 Å². The van der Waals surface area contributed by atoms with Gasteiger partial charge in [-0.1, -0.05) is 6.92 Å². The third-order valence-corrected chi connectivity index (χ3v) is 2.14. The van der Waals surface area contributed by atoms with Gasteiger partial charge in [-0.15, -0.1) is 0 Å². The van der Waals surface area contributed by atoms with Crippen molar-refractivity contribution in [1.29, 1.82) is 1.43 Å². The van der Waals surface area contributed by atoms with E-state index in [9.17, 15) is 9.59 Å². The third-order valence-electron chi connectivity index (χ3n) is 2.14. The lowest BCUT2D eigenvalue weighted by Crippen LogP contribution is -2.33. The van der Waals surface area contributed by atoms with E-state index >= 15 is 0 Å². The van der Waals surface area contributed by atoms with E-state index in [0.29, 0.717) is 6.42 Å². The number of hydrogen-bond donors (Lipinski definition) is 1. The summed E-state index contributed by atoms with van der Waals surface area (Å²) in [6.45, 7) is 5.19. The molecule has 0 fully saturated rings. The molecule has 0 atom stereocenters. The van der Waals surface area contributed by atoms with Crippen LogP contribution in [0.4, 0.5) is 4.79 Å². The van der Waals surface area contributed by atoms with E-state index < -0.39 is 11.5 Å². The Labute approximate surface area is 85.1 Å². The largest absolute Gasteiger partial charge is 0.465 e. The summed E-state index contributed by atoms with van der Waals surface area (Å²) in [7, 11) is 1.38. The highest BCUT2D eigenvalue weighted by Gasteiger charge is 2.27. The summed E-state index contributed by atoms with van der Waals surface area (Å²) in [4.78, 5) is 23.2. The van der Waals surface area contributed by atoms with Crippen molar-refractivity contribution in [2.75, 3.05) is 13.8 Å². The van der Waals surface area contributed by atoms with Gasteiger partial charge in [-0.2, -0.15) is 0 Å². The first-order valence-corrected chi connectivity index (χ1v) is 4.40. The minimum Gasteiger partial charge on any atom is -0.465 e. The number of hydrogen-bond acceptors (Lipinski definition) is 4. The molecule has 0 heterocycles. The number of ether oxygens (including phenoxy) is 1. The zero-order valence-electron chi connectivity index (χ0n) is 9.99. The summed E-state index contributed by atoms with van der Waals surface area (Å²) in [5.41, 5.74) is -0.564. The van der Waals surface area contributed by atoms with Crippen LogP contribution in [0.15, 0.2) is 0 Å². The maximum atomic E-state index is 11.5. The minimum atomic E-state index is -0.864. The zero-order valence-corrected chi connectivity index (χ0v) is 8.99. The zero-order chi connectivity index (χ0) is 12.1. The van der Waals surface area contributed by atoms with E-state index in [4.69, 9.17) is 6.17 Å². The van der Waals surface area contributed by atoms with Gasteiger partial charge in [0, 0.05) is 7.05 Å². The molecule has 0 rings (SSSR count). The van der Waals surface area contributed by atoms with Crippen LogP contribution in [-0.2, 0) is 9.53 Å². The Kier molecular flexibility index (Phi) is 3.73. The van der Waals surface area contributed by atoms with Crippen LogP contribution >= 0.6 is 0 Å². The maximum Gasteiger partial charge on any atom is 0.409 e. The monoisotopic (exact) mass is 205 g/mol. The maximum absolute atomic E-state index is 11.5. The topological polar surface area (TPSA) is 66.8 Å². The molecule has 0 bridgehead atoms. The van der Waals surface area contributed by atoms with Gasteiger partial charge >= 0.3 is 12.1 Å². The average molecular weight is 205 g/mol. The molecule has 0 unspecified atom stereocenters. The van der Waals surface area contributed by atoms with Gasteiger partial charge in [0.25, 0.3) is 1.43 Å². The molecule has 0 saturated carbocycles. The van der Waals surface area contributed by atoms with Crippen LogP contribution in [-0.4, -0.2) is 35.8 Å². The van der Waals surface area contributed by atoms with Crippen molar-refractivity contribution in [2.45, 2.75) is 27.2 Å². The van der Waals surface area contributed by atoms with Gasteiger partial charge in [-0.25, -0.2) is 4.79 Å². The molecule has 0 spiro atoms. The Morgan fingerprint density at radius 2 is 2.14 bits per heavy atom. The standard InChI is InChI=1S/C9H17NO4/c1-5-9(2,3)7(11)14-6-10(4)8(12)13/h5-6H2,1-4H3,(H,12,13)/i/hT. The summed E-state index contributed by atoms with van der Waals surface area (Å²) in [5.74, 6) is -0.380. The van der Waals surface area contributed by atoms with Gasteiger partial charge in [0.2, 0.25) is 0 Å². The van der Waals surface area contributed by atoms with Crippen molar-refractivity contribution in [2.24, 2.45) is 5.41 Å². The quantitative estimate of drug-likeness (QED) is 0.558. The van der Waals surface area contributed by atoms with Crippen LogP contribution in [0.25, 0.3) is 1.43 Å². The van der Waals surface area contributed by atoms with Crippen LogP contribution < -0.4 is 0 Å². The normalized spacial score (nSPS) is 11.6. The summed E-state index contributed by atoms with van der Waals surface area (Å²) in [6.07, 6.45) is -0.213. The first kappa shape index (κ1) is 10.8. The van der Waals surface area contributed by atoms with Gasteiger partial charge in [0.1, 0.15) is 0 Å². The lowest BCUT2D eigenvalue weighted by atomic mass is 9.91. The van der Waals surface area contributed by atoms with Crippen LogP contribution in [0.5, 0.6) is 0 Å². The fourth-order valence-corrected chi connectivity index (χ4v) is 0.548. The Hall–Kier alpha value is -1.26. The summed E-state index contributed by atoms with van der Waals surface area (Å²) < 4.78 is 11.2. The molecule has 5 heteroatoms. The molecule has 1 amide bonds. The van der Waals surface area contributed by atoms with Gasteiger partial charge in [0.05, 0.1) is 5.41 Å². The molecule has 0 aliphatic heterocycles. The molecule has 0 aromatic carbocycles. The molecule has 0 aliphatic rings. The lowest BCUT2D eigenvalue weighted by Gasteiger charge is -2.22. The van der Waals surface area contributed by atoms with Crippen LogP contribution in [0.2, 0.25) is 0 Å². The Morgan fingerprint density at radius 1 is 1.57 bits per heavy atom. The molecular weight excluding hydrogens is 186 g/mol. The van der Waals surface area contributed by atoms with Crippen molar-refractivity contribution in [3.05, 3.63) is 0 Å². The van der Waals surface area contributed by atoms with E-state index in [2.05, 4.69) is 5.11 Å². The molecule has 1 N–H and O–H groups in total. The first-order valence-electron chi connectivity index (χ1n) is 4.81. The van der Waals surface area contributed by atoms with Crippen molar-refractivity contribution in [3.8, 4) is 0 Å². The second kappa shape index (κ2) is 4.83. The van der Waals surface area contributed by atoms with E-state index in [1.807, 2.05) is 6.92 Å². The Morgan fingerprint density at radius 3 is 2.57 bits per heavy atom. The van der Waals surface area contributed by atoms with E-state index in [1.165, 1.54) is 7.05 Å². The fraction of sp³-hybridized carbons (Fsp3) is 0.778. The van der Waals surface area contributed by atoms with E-state index in [0.717, 1.165) is 4.90 Å². The number of carbonyl (C=O) groups is 2. The fourth-order valence-electron chi connectivity index (χ4n) is 0.548. The number of rotatable bonds is 4. The van der Waals surface area contributed by atoms with Crippen molar-refractivity contribution in [1.82, 2.24) is 4.90 Å². The highest BCUT2D eigenvalue weighted by atomic mass is 16.6. The second-order valence-corrected chi connectivity index (χ2v) is 3.76. The molecule has 14 heavy (non-hydrogen) atoms. The third kappa shape index (κ3) is 3.64. The number of carbonyl (C=O) groups excluding carboxylic acids is 1. The molecular formula is C9H17NO4. The van der Waals surface area contributed by atoms with Gasteiger partial charge < -0.3 is 9.85 Å². The van der Waals surface area contributed by atoms with Crippen LogP contribution in [0, 0.1) is 5.41 Å². The summed E-state index contributed by atoms with van der Waals surface area (Å²) >= 11 is 0. The molecule has 0 saturated heterocycles. The number of esters is 1. The predicted octanol–water partition coefficient (Wildman–Crippen LogP) is 1.53. The number of nitrogens with zero attached hydrogens (tertiary/aromatic N) is 1. The molecule has 0 aromatic rings. The van der Waals surface area contributed by atoms with E-state index in [1.54, 1.807) is 13.8 Å². The predicted molar refractivity (Wildman–Crippen MR) is 50.8 cm³/mol. The van der Waals surface area contributed by atoms with Crippen LogP contribution in [0.1, 0.15) is 27.2 Å². The van der Waals surface area contributed by atoms with Crippen molar-refractivity contribution >= 4 is 12.1 Å². The molecule has 0 aromatic heterocycles. The molecule has 0 radical (unpaired) electrons. The highest BCUT2D eigenvalue weighted by Crippen LogP contribution is 2.21. The van der Waals surface area contributed by atoms with Crippen molar-refractivity contribution < 1.29 is 19.4 Å². The lowest BCUT2D eigenvalue weighted by molar-refractivity contribution is -0.157. The molecule has 0 aliphatic carbocycles. The van der Waals surface area contributed by atoms with E-state index in [-0.39, 0.29) is 12.7 Å². The molecule has 5 nitrogen and oxygen atoms in total. The summed E-state index contributed by atoms with van der Waals surface area (Å²) in [5, 5.41) is 3.70. The summed E-state index contributed by atoms with van der Waals surface area (Å²) in [6, 6.07) is 0. The van der Waals surface area contributed by atoms with Gasteiger partial charge in [-0.3, -0.25) is 9.69 Å². The molecule has 82 valence electrons. The Balaban J connectivity index is 4.07. The average Bonchev–Trinajstić information content (AvgIpc) is 2.23. The number of amides is 1. The van der Waals surface area contributed by atoms with Crippen LogP contribution in [0.3, 0.4) is 0 Å². The number of carboxylic acid groups (broad SMARTS) is 1. The SMILES string of the molecule is [3H]OC(=O)N(C)COC(=O)C(C)(C)CC. The minimum absolute atomic E-state index is 0.208. The van der Waals surface area contributed by atoms with Gasteiger partial charge in [-0.05, 0) is 20.3 Å².